The van der Waals surface area contributed by atoms with Gasteiger partial charge in [-0.05, 0) is 24.1 Å². The summed E-state index contributed by atoms with van der Waals surface area (Å²) in [5.74, 6) is 0. The largest absolute Gasteiger partial charge is 0.374 e. The maximum Gasteiger partial charge on any atom is 0.182 e. The Labute approximate surface area is 85.0 Å². The molecule has 0 N–H and O–H groups in total. The molecule has 1 aromatic rings. The Morgan fingerprint density at radius 3 is 2.62 bits per heavy atom. The highest BCUT2D eigenvalue weighted by Gasteiger charge is 2.40. The molecule has 1 saturated heterocycles. The maximum atomic E-state index is 13.8. The highest BCUT2D eigenvalue weighted by atomic mass is 79.9. The van der Waals surface area contributed by atoms with Crippen LogP contribution >= 0.6 is 15.9 Å². The number of hydrogen-bond donors (Lipinski definition) is 0. The van der Waals surface area contributed by atoms with Crippen LogP contribution < -0.4 is 0 Å². The second-order valence-corrected chi connectivity index (χ2v) is 4.28. The van der Waals surface area contributed by atoms with E-state index in [9.17, 15) is 4.39 Å². The Kier molecular flexibility index (Phi) is 2.16. The Balaban J connectivity index is 2.36. The van der Waals surface area contributed by atoms with Gasteiger partial charge in [0.05, 0.1) is 13.2 Å². The zero-order valence-electron chi connectivity index (χ0n) is 7.31. The summed E-state index contributed by atoms with van der Waals surface area (Å²) in [6.45, 7) is 2.33. The van der Waals surface area contributed by atoms with Crippen molar-refractivity contribution in [2.45, 2.75) is 12.6 Å². The molecule has 13 heavy (non-hydrogen) atoms. The molecular formula is C10H10BrFO. The minimum atomic E-state index is -1.24. The first-order valence-electron chi connectivity index (χ1n) is 4.15. The Bertz CT molecular complexity index is 334. The van der Waals surface area contributed by atoms with E-state index >= 15 is 0 Å². The highest BCUT2D eigenvalue weighted by Crippen LogP contribution is 2.35. The van der Waals surface area contributed by atoms with Gasteiger partial charge in [0.2, 0.25) is 0 Å². The third-order valence-corrected chi connectivity index (χ3v) is 3.23. The molecule has 1 aromatic carbocycles. The van der Waals surface area contributed by atoms with Crippen molar-refractivity contribution in [1.82, 2.24) is 0 Å². The predicted octanol–water partition coefficient (Wildman–Crippen LogP) is 2.95. The van der Waals surface area contributed by atoms with Crippen LogP contribution in [0.2, 0.25) is 0 Å². The summed E-state index contributed by atoms with van der Waals surface area (Å²) in [6.07, 6.45) is 0. The van der Waals surface area contributed by atoms with Gasteiger partial charge in [-0.25, -0.2) is 4.39 Å². The second-order valence-electron chi connectivity index (χ2n) is 3.42. The molecule has 3 heteroatoms. The molecule has 0 radical (unpaired) electrons. The van der Waals surface area contributed by atoms with Gasteiger partial charge in [0, 0.05) is 4.47 Å². The molecule has 1 nitrogen and oxygen atoms in total. The van der Waals surface area contributed by atoms with Gasteiger partial charge < -0.3 is 4.74 Å². The van der Waals surface area contributed by atoms with Crippen LogP contribution in [0.25, 0.3) is 0 Å². The van der Waals surface area contributed by atoms with Crippen molar-refractivity contribution in [3.05, 3.63) is 33.8 Å². The lowest BCUT2D eigenvalue weighted by atomic mass is 9.93. The smallest absolute Gasteiger partial charge is 0.182 e. The normalized spacial score (nSPS) is 19.6. The summed E-state index contributed by atoms with van der Waals surface area (Å²) < 4.78 is 19.7. The quantitative estimate of drug-likeness (QED) is 0.739. The molecule has 0 amide bonds. The average molecular weight is 245 g/mol. The lowest BCUT2D eigenvalue weighted by Crippen LogP contribution is -2.42. The first kappa shape index (κ1) is 9.16. The van der Waals surface area contributed by atoms with Crippen LogP contribution in [0.4, 0.5) is 4.39 Å². The number of benzene rings is 1. The minimum Gasteiger partial charge on any atom is -0.374 e. The number of rotatable bonds is 1. The summed E-state index contributed by atoms with van der Waals surface area (Å²) in [6, 6.07) is 5.55. The number of aryl methyl sites for hydroxylation is 1. The van der Waals surface area contributed by atoms with Crippen LogP contribution in [0.15, 0.2) is 22.7 Å². The summed E-state index contributed by atoms with van der Waals surface area (Å²) >= 11 is 3.38. The van der Waals surface area contributed by atoms with E-state index in [-0.39, 0.29) is 13.2 Å². The molecule has 70 valence electrons. The fourth-order valence-corrected chi connectivity index (χ4v) is 1.62. The Morgan fingerprint density at radius 1 is 1.46 bits per heavy atom. The van der Waals surface area contributed by atoms with Crippen molar-refractivity contribution in [3.8, 4) is 0 Å². The molecule has 0 saturated carbocycles. The molecule has 0 aliphatic carbocycles. The second kappa shape index (κ2) is 3.07. The lowest BCUT2D eigenvalue weighted by Gasteiger charge is -2.34. The molecule has 2 rings (SSSR count). The average Bonchev–Trinajstić information content (AvgIpc) is 2.06. The topological polar surface area (TPSA) is 9.23 Å². The number of hydrogen-bond acceptors (Lipinski definition) is 1. The van der Waals surface area contributed by atoms with E-state index in [1.165, 1.54) is 0 Å². The standard InChI is InChI=1S/C10H10BrFO/c1-7-4-8(2-3-9(7)11)10(12)5-13-6-10/h2-4H,5-6H2,1H3. The zero-order valence-corrected chi connectivity index (χ0v) is 8.90. The molecule has 1 aliphatic rings. The van der Waals surface area contributed by atoms with Crippen molar-refractivity contribution in [2.75, 3.05) is 13.2 Å². The van der Waals surface area contributed by atoms with Crippen LogP contribution in [-0.4, -0.2) is 13.2 Å². The van der Waals surface area contributed by atoms with Gasteiger partial charge in [-0.1, -0.05) is 28.1 Å². The van der Waals surface area contributed by atoms with Gasteiger partial charge >= 0.3 is 0 Å². The first-order chi connectivity index (χ1) is 6.12. The first-order valence-corrected chi connectivity index (χ1v) is 4.94. The molecule has 1 heterocycles. The zero-order chi connectivity index (χ0) is 9.47. The van der Waals surface area contributed by atoms with Crippen molar-refractivity contribution in [2.24, 2.45) is 0 Å². The predicted molar refractivity (Wildman–Crippen MR) is 52.5 cm³/mol. The molecule has 0 unspecified atom stereocenters. The molecule has 0 bridgehead atoms. The van der Waals surface area contributed by atoms with Gasteiger partial charge in [-0.2, -0.15) is 0 Å². The van der Waals surface area contributed by atoms with Crippen molar-refractivity contribution in [1.29, 1.82) is 0 Å². The van der Waals surface area contributed by atoms with E-state index in [0.29, 0.717) is 0 Å². The van der Waals surface area contributed by atoms with Crippen LogP contribution in [0, 0.1) is 6.92 Å². The highest BCUT2D eigenvalue weighted by molar-refractivity contribution is 9.10. The van der Waals surface area contributed by atoms with Crippen molar-refractivity contribution in [3.63, 3.8) is 0 Å². The van der Waals surface area contributed by atoms with Crippen molar-refractivity contribution < 1.29 is 9.13 Å². The monoisotopic (exact) mass is 244 g/mol. The van der Waals surface area contributed by atoms with Crippen molar-refractivity contribution >= 4 is 15.9 Å². The summed E-state index contributed by atoms with van der Waals surface area (Å²) in [7, 11) is 0. The summed E-state index contributed by atoms with van der Waals surface area (Å²) in [5.41, 5.74) is 0.534. The maximum absolute atomic E-state index is 13.8. The Hall–Kier alpha value is -0.410. The van der Waals surface area contributed by atoms with E-state index in [1.807, 2.05) is 19.1 Å². The summed E-state index contributed by atoms with van der Waals surface area (Å²) in [5, 5.41) is 0. The number of halogens is 2. The molecular weight excluding hydrogens is 235 g/mol. The van der Waals surface area contributed by atoms with Crippen LogP contribution in [0.3, 0.4) is 0 Å². The van der Waals surface area contributed by atoms with Gasteiger partial charge in [-0.3, -0.25) is 0 Å². The molecule has 0 aromatic heterocycles. The molecule has 1 aliphatic heterocycles. The molecule has 0 atom stereocenters. The minimum absolute atomic E-state index is 0.189. The van der Waals surface area contributed by atoms with Crippen LogP contribution in [0.5, 0.6) is 0 Å². The molecule has 1 fully saturated rings. The van der Waals surface area contributed by atoms with Gasteiger partial charge in [0.25, 0.3) is 0 Å². The fraction of sp³-hybridized carbons (Fsp3) is 0.400. The summed E-state index contributed by atoms with van der Waals surface area (Å²) in [4.78, 5) is 0. The third kappa shape index (κ3) is 1.51. The lowest BCUT2D eigenvalue weighted by molar-refractivity contribution is -0.135. The molecule has 0 spiro atoms. The van der Waals surface area contributed by atoms with Gasteiger partial charge in [-0.15, -0.1) is 0 Å². The van der Waals surface area contributed by atoms with E-state index in [4.69, 9.17) is 4.74 Å². The Morgan fingerprint density at radius 2 is 2.15 bits per heavy atom. The van der Waals surface area contributed by atoms with E-state index in [1.54, 1.807) is 6.07 Å². The third-order valence-electron chi connectivity index (χ3n) is 2.34. The van der Waals surface area contributed by atoms with Gasteiger partial charge in [0.15, 0.2) is 5.67 Å². The van der Waals surface area contributed by atoms with Crippen LogP contribution in [-0.2, 0) is 10.4 Å². The van der Waals surface area contributed by atoms with E-state index in [2.05, 4.69) is 15.9 Å². The van der Waals surface area contributed by atoms with E-state index in [0.717, 1.165) is 15.6 Å². The van der Waals surface area contributed by atoms with Crippen LogP contribution in [0.1, 0.15) is 11.1 Å². The van der Waals surface area contributed by atoms with Gasteiger partial charge in [0.1, 0.15) is 0 Å². The number of ether oxygens (including phenoxy) is 1. The number of alkyl halides is 1. The van der Waals surface area contributed by atoms with E-state index < -0.39 is 5.67 Å². The SMILES string of the molecule is Cc1cc(C2(F)COC2)ccc1Br. The fourth-order valence-electron chi connectivity index (χ4n) is 1.37.